The van der Waals surface area contributed by atoms with Gasteiger partial charge in [0.15, 0.2) is 0 Å². The van der Waals surface area contributed by atoms with Crippen molar-refractivity contribution in [3.05, 3.63) is 24.5 Å². The third kappa shape index (κ3) is 2.60. The molecule has 2 saturated heterocycles. The zero-order valence-electron chi connectivity index (χ0n) is 11.7. The Balaban J connectivity index is 1.93. The Morgan fingerprint density at radius 1 is 1.14 bits per heavy atom. The van der Waals surface area contributed by atoms with Gasteiger partial charge in [0.05, 0.1) is 5.25 Å². The fourth-order valence-corrected chi connectivity index (χ4v) is 6.45. The highest BCUT2D eigenvalue weighted by Crippen LogP contribution is 2.41. The molecular weight excluding hydrogens is 312 g/mol. The minimum atomic E-state index is -3.59. The molecule has 0 aromatic carbocycles. The molecule has 6 nitrogen and oxygen atoms in total. The van der Waals surface area contributed by atoms with E-state index < -0.39 is 25.1 Å². The summed E-state index contributed by atoms with van der Waals surface area (Å²) in [6.45, 7) is 0. The maximum absolute atomic E-state index is 12.7. The maximum Gasteiger partial charge on any atom is 0.245 e. The van der Waals surface area contributed by atoms with Crippen LogP contribution in [-0.4, -0.2) is 49.7 Å². The lowest BCUT2D eigenvalue weighted by molar-refractivity contribution is 0.249. The maximum atomic E-state index is 12.7. The highest BCUT2D eigenvalue weighted by molar-refractivity contribution is 7.91. The zero-order chi connectivity index (χ0) is 15.3. The molecule has 2 atom stereocenters. The molecule has 2 aliphatic heterocycles. The summed E-state index contributed by atoms with van der Waals surface area (Å²) in [5.41, 5.74) is 0. The average Bonchev–Trinajstić information content (AvgIpc) is 2.70. The number of sulfone groups is 1. The van der Waals surface area contributed by atoms with Gasteiger partial charge >= 0.3 is 0 Å². The second-order valence-electron chi connectivity index (χ2n) is 5.83. The summed E-state index contributed by atoms with van der Waals surface area (Å²) in [6.07, 6.45) is 6.37. The summed E-state index contributed by atoms with van der Waals surface area (Å²) < 4.78 is 50.5. The van der Waals surface area contributed by atoms with Crippen molar-refractivity contribution >= 4 is 19.9 Å². The molecule has 21 heavy (non-hydrogen) atoms. The number of nitrogens with zero attached hydrogens (tertiary/aromatic N) is 2. The highest BCUT2D eigenvalue weighted by Gasteiger charge is 2.49. The van der Waals surface area contributed by atoms with Crippen LogP contribution in [0.15, 0.2) is 29.4 Å². The van der Waals surface area contributed by atoms with E-state index >= 15 is 0 Å². The van der Waals surface area contributed by atoms with Gasteiger partial charge in [0.25, 0.3) is 0 Å². The summed E-state index contributed by atoms with van der Waals surface area (Å²) >= 11 is 0. The number of pyridine rings is 1. The predicted octanol–water partition coefficient (Wildman–Crippen LogP) is 0.810. The molecule has 2 unspecified atom stereocenters. The van der Waals surface area contributed by atoms with E-state index in [0.717, 1.165) is 12.8 Å². The van der Waals surface area contributed by atoms with Crippen molar-refractivity contribution in [3.8, 4) is 0 Å². The molecule has 0 spiro atoms. The fraction of sp³-hybridized carbons (Fsp3) is 0.615. The Labute approximate surface area is 125 Å². The Morgan fingerprint density at radius 2 is 1.76 bits per heavy atom. The van der Waals surface area contributed by atoms with Crippen LogP contribution in [0.4, 0.5) is 0 Å². The van der Waals surface area contributed by atoms with Gasteiger partial charge in [-0.25, -0.2) is 16.8 Å². The number of sulfonamides is 1. The van der Waals surface area contributed by atoms with Gasteiger partial charge in [-0.3, -0.25) is 4.98 Å². The minimum absolute atomic E-state index is 0.180. The van der Waals surface area contributed by atoms with Crippen molar-refractivity contribution < 1.29 is 16.8 Å². The fourth-order valence-electron chi connectivity index (χ4n) is 3.45. The van der Waals surface area contributed by atoms with Crippen LogP contribution in [0.3, 0.4) is 0 Å². The number of piperidine rings is 1. The first-order valence-corrected chi connectivity index (χ1v) is 10.3. The summed E-state index contributed by atoms with van der Waals surface area (Å²) in [7, 11) is -6.71. The van der Waals surface area contributed by atoms with Crippen LogP contribution in [-0.2, 0) is 19.9 Å². The largest absolute Gasteiger partial charge is 0.263 e. The minimum Gasteiger partial charge on any atom is -0.263 e. The SMILES string of the molecule is CS(=O)(=O)C1CC2CCC(C1)N2S(=O)(=O)c1cccnc1. The summed E-state index contributed by atoms with van der Waals surface area (Å²) in [4.78, 5) is 4.05. The molecule has 2 fully saturated rings. The first-order valence-electron chi connectivity index (χ1n) is 6.92. The third-order valence-corrected chi connectivity index (χ3v) is 8.02. The third-order valence-electron chi connectivity index (χ3n) is 4.44. The molecule has 0 radical (unpaired) electrons. The number of hydrogen-bond acceptors (Lipinski definition) is 5. The van der Waals surface area contributed by atoms with Gasteiger partial charge in [-0.1, -0.05) is 0 Å². The second-order valence-corrected chi connectivity index (χ2v) is 10.0. The molecule has 2 bridgehead atoms. The summed E-state index contributed by atoms with van der Waals surface area (Å²) in [6, 6.07) is 2.70. The van der Waals surface area contributed by atoms with E-state index in [1.54, 1.807) is 6.07 Å². The van der Waals surface area contributed by atoms with E-state index in [1.807, 2.05) is 0 Å². The Morgan fingerprint density at radius 3 is 2.24 bits per heavy atom. The van der Waals surface area contributed by atoms with E-state index in [0.29, 0.717) is 12.8 Å². The van der Waals surface area contributed by atoms with E-state index in [4.69, 9.17) is 0 Å². The molecular formula is C13H18N2O4S2. The average molecular weight is 330 g/mol. The first kappa shape index (κ1) is 14.9. The standard InChI is InChI=1S/C13H18N2O4S2/c1-20(16,17)13-7-10-4-5-11(8-13)15(10)21(18,19)12-3-2-6-14-9-12/h2-3,6,9-11,13H,4-5,7-8H2,1H3. The molecule has 1 aromatic rings. The van der Waals surface area contributed by atoms with Crippen LogP contribution in [0, 0.1) is 0 Å². The summed E-state index contributed by atoms with van der Waals surface area (Å²) in [5, 5.41) is -0.421. The Bertz CT molecular complexity index is 717. The Hall–Kier alpha value is -0.990. The normalized spacial score (nSPS) is 30.4. The number of fused-ring (bicyclic) bond motifs is 2. The van der Waals surface area contributed by atoms with Crippen molar-refractivity contribution in [1.29, 1.82) is 0 Å². The lowest BCUT2D eigenvalue weighted by atomic mass is 10.1. The van der Waals surface area contributed by atoms with Crippen LogP contribution in [0.5, 0.6) is 0 Å². The van der Waals surface area contributed by atoms with Gasteiger partial charge in [0.1, 0.15) is 14.7 Å². The predicted molar refractivity (Wildman–Crippen MR) is 77.9 cm³/mol. The number of aromatic nitrogens is 1. The van der Waals surface area contributed by atoms with Crippen molar-refractivity contribution in [3.63, 3.8) is 0 Å². The number of rotatable bonds is 3. The molecule has 0 saturated carbocycles. The van der Waals surface area contributed by atoms with Gasteiger partial charge in [-0.15, -0.1) is 0 Å². The van der Waals surface area contributed by atoms with Crippen LogP contribution in [0.1, 0.15) is 25.7 Å². The molecule has 0 N–H and O–H groups in total. The molecule has 1 aromatic heterocycles. The van der Waals surface area contributed by atoms with Crippen LogP contribution in [0.25, 0.3) is 0 Å². The van der Waals surface area contributed by atoms with Crippen LogP contribution < -0.4 is 0 Å². The van der Waals surface area contributed by atoms with Gasteiger partial charge in [-0.2, -0.15) is 4.31 Å². The first-order chi connectivity index (χ1) is 9.80. The quantitative estimate of drug-likeness (QED) is 0.819. The van der Waals surface area contributed by atoms with Crippen molar-refractivity contribution in [2.24, 2.45) is 0 Å². The molecule has 3 heterocycles. The number of hydrogen-bond donors (Lipinski definition) is 0. The van der Waals surface area contributed by atoms with Gasteiger partial charge in [-0.05, 0) is 37.8 Å². The lowest BCUT2D eigenvalue weighted by Crippen LogP contribution is -2.49. The highest BCUT2D eigenvalue weighted by atomic mass is 32.2. The van der Waals surface area contributed by atoms with Gasteiger partial charge < -0.3 is 0 Å². The van der Waals surface area contributed by atoms with Crippen molar-refractivity contribution in [2.75, 3.05) is 6.26 Å². The smallest absolute Gasteiger partial charge is 0.245 e. The molecule has 3 rings (SSSR count). The van der Waals surface area contributed by atoms with E-state index in [9.17, 15) is 16.8 Å². The van der Waals surface area contributed by atoms with Crippen LogP contribution in [0.2, 0.25) is 0 Å². The topological polar surface area (TPSA) is 84.4 Å². The Kier molecular flexibility index (Phi) is 3.58. The second kappa shape index (κ2) is 5.03. The van der Waals surface area contributed by atoms with Crippen molar-refractivity contribution in [2.45, 2.75) is 47.9 Å². The molecule has 8 heteroatoms. The van der Waals surface area contributed by atoms with Crippen LogP contribution >= 0.6 is 0 Å². The monoisotopic (exact) mass is 330 g/mol. The molecule has 0 amide bonds. The van der Waals surface area contributed by atoms with E-state index in [2.05, 4.69) is 4.98 Å². The molecule has 116 valence electrons. The van der Waals surface area contributed by atoms with Gasteiger partial charge in [0.2, 0.25) is 10.0 Å². The zero-order valence-corrected chi connectivity index (χ0v) is 13.3. The van der Waals surface area contributed by atoms with Crippen molar-refractivity contribution in [1.82, 2.24) is 9.29 Å². The lowest BCUT2D eigenvalue weighted by Gasteiger charge is -2.37. The van der Waals surface area contributed by atoms with Gasteiger partial charge in [0, 0.05) is 30.7 Å². The van der Waals surface area contributed by atoms with E-state index in [1.165, 1.54) is 29.0 Å². The molecule has 0 aliphatic carbocycles. The molecule has 2 aliphatic rings. The summed E-state index contributed by atoms with van der Waals surface area (Å²) in [5.74, 6) is 0. The van der Waals surface area contributed by atoms with E-state index in [-0.39, 0.29) is 17.0 Å².